The van der Waals surface area contributed by atoms with E-state index in [-0.39, 0.29) is 16.0 Å². The Hall–Kier alpha value is -16.4. The molecule has 0 aliphatic rings. The van der Waals surface area contributed by atoms with Gasteiger partial charge in [-0.2, -0.15) is 0 Å². The summed E-state index contributed by atoms with van der Waals surface area (Å²) in [5.74, 6) is 0. The van der Waals surface area contributed by atoms with E-state index in [0.29, 0.717) is 20.4 Å². The monoisotopic (exact) mass is 1650 g/mol. The van der Waals surface area contributed by atoms with E-state index < -0.39 is 562 Å². The molecule has 0 amide bonds. The zero-order chi connectivity index (χ0) is 142. The van der Waals surface area contributed by atoms with E-state index in [1.165, 1.54) is 0 Å². The average Bonchev–Trinajstić information content (AvgIpc) is 1.48. The van der Waals surface area contributed by atoms with Crippen LogP contribution in [0.5, 0.6) is 0 Å². The number of aromatic nitrogens is 2. The van der Waals surface area contributed by atoms with Gasteiger partial charge in [0.1, 0.15) is 0 Å². The van der Waals surface area contributed by atoms with Crippen molar-refractivity contribution in [1.82, 2.24) is 9.13 Å². The summed E-state index contributed by atoms with van der Waals surface area (Å²) in [6.45, 7) is 0. The first-order chi connectivity index (χ1) is 89.8. The molecule has 584 valence electrons. The summed E-state index contributed by atoms with van der Waals surface area (Å²) < 4.78 is 620. The number of hydrogen-bond donors (Lipinski definition) is 0. The van der Waals surface area contributed by atoms with E-state index in [1.807, 2.05) is 78.9 Å². The van der Waals surface area contributed by atoms with Gasteiger partial charge in [0.05, 0.1) is 127 Å². The first-order valence-corrected chi connectivity index (χ1v) is 37.0. The number of nitrogens with zero attached hydrogens (tertiary/aromatic N) is 4. The summed E-state index contributed by atoms with van der Waals surface area (Å²) >= 11 is 0. The predicted octanol–water partition coefficient (Wildman–Crippen LogP) is 33.2. The molecule has 2 heterocycles. The molecular formula is C120H84N4. The minimum absolute atomic E-state index is 0.152. The number of hydrogen-bond acceptors (Lipinski definition) is 2. The SMILES string of the molecule is [2H]c1c([2H])c([2H])c(-c2c([2H])c([2H])c(N(c3c([2H])c([2H])c(-c4c([2H])c([2H])c([2H])c([2H])c4-c4c([2H])c([2H])c([2H])c([2H])c4[2H])c([2H])c3[2H])c3c([2H])c([2H])c(-c4c([2H])c([2H])c5c(c4[2H])c4c([2H])c([2H])c([2H])c([2H])c4n5-c4c([2H])c([2H])c([2H])c([2H])c4-c4c([2H])c([2H])c([2H])c([2H])c4[2H])c([2H])c3[2H])c([2H])c2[2H])c([2H])c1[2H].[2H]c1c([2H])c([2H])c(-c2c([2H])c([2H])c(N(c3c([2H])c([2H])c(-c4ccc5c(c4)c4ccccc4n5-c4ccccc4-c4ccccc4)c([2H])c3[2H])c3c([2H])c([2H])c(-c4c([2H])c([2H])c([2H])c([2H])c4-c4c([2H])c([2H])c([2H])c([2H])c4[2H])c([2H])c3[2H])c([2H])c2[2H])c([2H])c1[2H]. The van der Waals surface area contributed by atoms with Crippen molar-refractivity contribution >= 4 is 77.7 Å². The largest absolute Gasteiger partial charge is 0.311 e. The van der Waals surface area contributed by atoms with E-state index >= 15 is 0 Å². The molecule has 0 N–H and O–H groups in total. The highest BCUT2D eigenvalue weighted by Crippen LogP contribution is 2.46. The molecule has 4 nitrogen and oxygen atoms in total. The molecule has 0 fully saturated rings. The summed E-state index contributed by atoms with van der Waals surface area (Å²) in [5.41, 5.74) is -21.0. The van der Waals surface area contributed by atoms with Gasteiger partial charge in [0.25, 0.3) is 0 Å². The Labute approximate surface area is 819 Å². The Morgan fingerprint density at radius 3 is 0.968 bits per heavy atom. The Morgan fingerprint density at radius 2 is 0.484 bits per heavy atom. The van der Waals surface area contributed by atoms with Crippen molar-refractivity contribution in [2.24, 2.45) is 0 Å². The highest BCUT2D eigenvalue weighted by Gasteiger charge is 2.23. The second-order valence-electron chi connectivity index (χ2n) is 26.2. The second-order valence-corrected chi connectivity index (χ2v) is 26.2. The standard InChI is InChI=1S/2C60H42N2/c2*1-4-16-43(17-5-1)44-28-35-50(36-29-44)61(52-39-32-48(33-40-52)54-23-11-10-22-53(54)46-18-6-2-7-19-46)51-37-30-45(31-38-51)49-34-41-60-57(42-49)56-25-13-15-27-59(56)62(60)58-26-14-12-24-55(58)47-20-8-3-9-21-47/h2*1-42H/i1D,2D,3D,4D,5D,6D,7D,8D,9D,10D,11D,12D,13D,14D,15D,16D,17D,18D,19D,20D,21D,22D,23D,24D,25D,26D,27D,28D,29D,30D,31D,32D,33D,34D,35D,36D,37D,38D,39D,40D,41D,42D;1D,2D,4D,5D,6D,7D,10D,11D,16D,17D,18D,19D,22D,23D,28D,29D,30D,31D,32D,33D,35D,36D,37D,38D,39D,40D. The molecule has 0 atom stereocenters. The molecule has 0 radical (unpaired) electrons. The molecule has 0 spiro atoms. The lowest BCUT2D eigenvalue weighted by Gasteiger charge is -2.26. The normalized spacial score (nSPS) is 18.9. The van der Waals surface area contributed by atoms with Crippen LogP contribution in [0.25, 0.3) is 166 Å². The Morgan fingerprint density at radius 1 is 0.161 bits per heavy atom. The van der Waals surface area contributed by atoms with Crippen molar-refractivity contribution < 1.29 is 93.2 Å². The van der Waals surface area contributed by atoms with Crippen LogP contribution in [0.1, 0.15) is 93.2 Å². The number of fused-ring (bicyclic) bond motifs is 6. The molecule has 2 aromatic heterocycles. The third-order valence-corrected chi connectivity index (χ3v) is 19.1. The van der Waals surface area contributed by atoms with Gasteiger partial charge < -0.3 is 18.9 Å². The number of benzene rings is 20. The minimum atomic E-state index is -1.49. The Balaban J connectivity index is 0.000000216. The lowest BCUT2D eigenvalue weighted by Crippen LogP contribution is -2.09. The van der Waals surface area contributed by atoms with Gasteiger partial charge in [-0.3, -0.25) is 0 Å². The lowest BCUT2D eigenvalue weighted by molar-refractivity contribution is 1.18. The van der Waals surface area contributed by atoms with Gasteiger partial charge in [0, 0.05) is 66.8 Å². The van der Waals surface area contributed by atoms with Crippen LogP contribution < -0.4 is 9.80 Å². The Bertz CT molecular complexity index is 11700. The summed E-state index contributed by atoms with van der Waals surface area (Å²) in [5, 5.41) is -0.274. The molecule has 124 heavy (non-hydrogen) atoms. The van der Waals surface area contributed by atoms with Crippen molar-refractivity contribution in [1.29, 1.82) is 0 Å². The van der Waals surface area contributed by atoms with E-state index in [9.17, 15) is 42.5 Å². The maximum absolute atomic E-state index is 9.99. The van der Waals surface area contributed by atoms with Gasteiger partial charge in [0.2, 0.25) is 0 Å². The van der Waals surface area contributed by atoms with Gasteiger partial charge >= 0.3 is 0 Å². The minimum Gasteiger partial charge on any atom is -0.311 e. The molecule has 0 saturated heterocycles. The van der Waals surface area contributed by atoms with E-state index in [1.54, 1.807) is 18.2 Å². The average molecular weight is 1650 g/mol. The first kappa shape index (κ1) is 32.0. The fourth-order valence-electron chi connectivity index (χ4n) is 13.6. The van der Waals surface area contributed by atoms with Crippen LogP contribution in [-0.4, -0.2) is 9.13 Å². The van der Waals surface area contributed by atoms with Gasteiger partial charge in [-0.05, 0) is 221 Å². The van der Waals surface area contributed by atoms with E-state index in [4.69, 9.17) is 50.7 Å². The molecular weight excluding hydrogens is 1500 g/mol. The van der Waals surface area contributed by atoms with E-state index in [0.717, 1.165) is 27.7 Å². The molecule has 0 bridgehead atoms. The number of rotatable bonds is 18. The fourth-order valence-corrected chi connectivity index (χ4v) is 13.6. The van der Waals surface area contributed by atoms with Crippen LogP contribution in [0.15, 0.2) is 508 Å². The lowest BCUT2D eigenvalue weighted by atomic mass is 9.94. The van der Waals surface area contributed by atoms with Gasteiger partial charge in [0.15, 0.2) is 0 Å². The second kappa shape index (κ2) is 33.8. The summed E-state index contributed by atoms with van der Waals surface area (Å²) in [6.07, 6.45) is 0. The molecule has 22 rings (SSSR count). The maximum Gasteiger partial charge on any atom is 0.0645 e. The number of anilines is 6. The quantitative estimate of drug-likeness (QED) is 0.0851. The smallest absolute Gasteiger partial charge is 0.0645 e. The molecule has 20 aromatic carbocycles. The van der Waals surface area contributed by atoms with E-state index in [2.05, 4.69) is 4.57 Å². The van der Waals surface area contributed by atoms with Crippen LogP contribution in [0.4, 0.5) is 34.1 Å². The van der Waals surface area contributed by atoms with Crippen LogP contribution in [0.3, 0.4) is 0 Å². The zero-order valence-electron chi connectivity index (χ0n) is 131. The van der Waals surface area contributed by atoms with Crippen LogP contribution in [0, 0.1) is 0 Å². The molecule has 0 aliphatic heterocycles. The number of para-hydroxylation sites is 4. The molecule has 0 saturated carbocycles. The van der Waals surface area contributed by atoms with Crippen molar-refractivity contribution in [3.8, 4) is 123 Å². The highest BCUT2D eigenvalue weighted by atomic mass is 15.1. The van der Waals surface area contributed by atoms with Gasteiger partial charge in [-0.15, -0.1) is 0 Å². The predicted molar refractivity (Wildman–Crippen MR) is 525 cm³/mol. The highest BCUT2D eigenvalue weighted by molar-refractivity contribution is 6.13. The summed E-state index contributed by atoms with van der Waals surface area (Å²) in [6, 6.07) is -45.7. The van der Waals surface area contributed by atoms with Crippen molar-refractivity contribution in [3.05, 3.63) is 508 Å². The van der Waals surface area contributed by atoms with Crippen LogP contribution in [0.2, 0.25) is 0 Å². The summed E-state index contributed by atoms with van der Waals surface area (Å²) in [4.78, 5) is 0.596. The topological polar surface area (TPSA) is 16.3 Å². The molecule has 0 unspecified atom stereocenters. The third kappa shape index (κ3) is 14.8. The summed E-state index contributed by atoms with van der Waals surface area (Å²) in [7, 11) is 0. The molecule has 0 aliphatic carbocycles. The van der Waals surface area contributed by atoms with Crippen LogP contribution in [-0.2, 0) is 0 Å². The fraction of sp³-hybridized carbons (Fsp3) is 0. The van der Waals surface area contributed by atoms with Crippen molar-refractivity contribution in [2.45, 2.75) is 0 Å². The zero-order valence-corrected chi connectivity index (χ0v) is 63.0. The third-order valence-electron chi connectivity index (χ3n) is 19.1. The maximum atomic E-state index is 9.99. The van der Waals surface area contributed by atoms with Gasteiger partial charge in [-0.25, -0.2) is 0 Å². The van der Waals surface area contributed by atoms with Crippen molar-refractivity contribution in [2.75, 3.05) is 9.80 Å². The van der Waals surface area contributed by atoms with Crippen molar-refractivity contribution in [3.63, 3.8) is 0 Å². The molecule has 4 heteroatoms. The van der Waals surface area contributed by atoms with Crippen LogP contribution >= 0.6 is 0 Å². The first-order valence-electron chi connectivity index (χ1n) is 71.0. The molecule has 22 aromatic rings. The van der Waals surface area contributed by atoms with Gasteiger partial charge in [-0.1, -0.05) is 387 Å². The Kier molecular flexibility index (Phi) is 8.71.